The zero-order chi connectivity index (χ0) is 16.6. The average molecular weight is 354 g/mol. The summed E-state index contributed by atoms with van der Waals surface area (Å²) >= 11 is 5.76. The minimum atomic E-state index is -3.50. The van der Waals surface area contributed by atoms with E-state index in [-0.39, 0.29) is 29.5 Å². The van der Waals surface area contributed by atoms with Crippen LogP contribution in [0.4, 0.5) is 4.39 Å². The Morgan fingerprint density at radius 1 is 1.13 bits per heavy atom. The highest BCUT2D eigenvalue weighted by molar-refractivity contribution is 7.92. The van der Waals surface area contributed by atoms with Crippen molar-refractivity contribution in [3.05, 3.63) is 64.9 Å². The predicted octanol–water partition coefficient (Wildman–Crippen LogP) is 2.78. The number of rotatable bonds is 3. The maximum Gasteiger partial charge on any atom is 0.254 e. The maximum absolute atomic E-state index is 13.2. The molecule has 0 spiro atoms. The molecule has 0 unspecified atom stereocenters. The number of carbonyl (C=O) groups excluding carboxylic acids is 1. The van der Waals surface area contributed by atoms with Crippen LogP contribution in [-0.2, 0) is 9.84 Å². The second-order valence-corrected chi connectivity index (χ2v) is 8.01. The van der Waals surface area contributed by atoms with Gasteiger partial charge in [-0.05, 0) is 42.5 Å². The van der Waals surface area contributed by atoms with E-state index in [1.807, 2.05) is 0 Å². The smallest absolute Gasteiger partial charge is 0.254 e. The molecule has 0 N–H and O–H groups in total. The quantitative estimate of drug-likeness (QED) is 0.852. The molecule has 2 aromatic carbocycles. The standard InChI is InChI=1S/C16H13ClFNO3S/c17-12-4-6-14(7-5-12)23(21,22)15-9-19(10-15)16(20)11-2-1-3-13(18)8-11/h1-8,15H,9-10H2. The van der Waals surface area contributed by atoms with Gasteiger partial charge in [-0.25, -0.2) is 12.8 Å². The van der Waals surface area contributed by atoms with Gasteiger partial charge in [-0.15, -0.1) is 0 Å². The van der Waals surface area contributed by atoms with E-state index < -0.39 is 20.9 Å². The van der Waals surface area contributed by atoms with Crippen molar-refractivity contribution < 1.29 is 17.6 Å². The minimum Gasteiger partial charge on any atom is -0.336 e. The number of carbonyl (C=O) groups is 1. The van der Waals surface area contributed by atoms with Gasteiger partial charge in [0.05, 0.1) is 4.90 Å². The van der Waals surface area contributed by atoms with E-state index in [4.69, 9.17) is 11.6 Å². The Balaban J connectivity index is 1.71. The van der Waals surface area contributed by atoms with Gasteiger partial charge in [0.2, 0.25) is 0 Å². The predicted molar refractivity (Wildman–Crippen MR) is 84.7 cm³/mol. The normalized spacial score (nSPS) is 15.3. The van der Waals surface area contributed by atoms with E-state index in [0.717, 1.165) is 6.07 Å². The molecule has 2 aromatic rings. The summed E-state index contributed by atoms with van der Waals surface area (Å²) in [7, 11) is -3.50. The van der Waals surface area contributed by atoms with Crippen molar-refractivity contribution >= 4 is 27.3 Å². The van der Waals surface area contributed by atoms with Crippen molar-refractivity contribution in [3.8, 4) is 0 Å². The van der Waals surface area contributed by atoms with Crippen LogP contribution in [-0.4, -0.2) is 37.6 Å². The third-order valence-corrected chi connectivity index (χ3v) is 6.14. The molecule has 0 bridgehead atoms. The molecule has 0 radical (unpaired) electrons. The van der Waals surface area contributed by atoms with Crippen molar-refractivity contribution in [3.63, 3.8) is 0 Å². The molecule has 1 fully saturated rings. The van der Waals surface area contributed by atoms with Crippen molar-refractivity contribution in [1.82, 2.24) is 4.90 Å². The lowest BCUT2D eigenvalue weighted by Crippen LogP contribution is -2.56. The molecule has 0 aromatic heterocycles. The van der Waals surface area contributed by atoms with E-state index in [1.165, 1.54) is 47.4 Å². The highest BCUT2D eigenvalue weighted by atomic mass is 35.5. The first-order valence-electron chi connectivity index (χ1n) is 6.92. The van der Waals surface area contributed by atoms with Crippen molar-refractivity contribution in [1.29, 1.82) is 0 Å². The average Bonchev–Trinajstić information content (AvgIpc) is 2.45. The monoisotopic (exact) mass is 353 g/mol. The SMILES string of the molecule is O=C(c1cccc(F)c1)N1CC(S(=O)(=O)c2ccc(Cl)cc2)C1. The van der Waals surface area contributed by atoms with Crippen LogP contribution >= 0.6 is 11.6 Å². The van der Waals surface area contributed by atoms with Gasteiger partial charge in [-0.2, -0.15) is 0 Å². The molecule has 3 rings (SSSR count). The first-order valence-corrected chi connectivity index (χ1v) is 8.84. The Morgan fingerprint density at radius 2 is 1.78 bits per heavy atom. The number of hydrogen-bond acceptors (Lipinski definition) is 3. The second-order valence-electron chi connectivity index (χ2n) is 5.34. The number of amides is 1. The molecule has 0 atom stereocenters. The third kappa shape index (κ3) is 3.09. The lowest BCUT2D eigenvalue weighted by molar-refractivity contribution is 0.0658. The van der Waals surface area contributed by atoms with Crippen LogP contribution in [0.25, 0.3) is 0 Å². The van der Waals surface area contributed by atoms with Crippen molar-refractivity contribution in [2.75, 3.05) is 13.1 Å². The summed E-state index contributed by atoms with van der Waals surface area (Å²) in [4.78, 5) is 13.8. The van der Waals surface area contributed by atoms with E-state index in [9.17, 15) is 17.6 Å². The van der Waals surface area contributed by atoms with Crippen LogP contribution in [0.5, 0.6) is 0 Å². The highest BCUT2D eigenvalue weighted by Crippen LogP contribution is 2.26. The van der Waals surface area contributed by atoms with Gasteiger partial charge in [0, 0.05) is 23.7 Å². The molecular formula is C16H13ClFNO3S. The number of hydrogen-bond donors (Lipinski definition) is 0. The van der Waals surface area contributed by atoms with Gasteiger partial charge in [0.25, 0.3) is 5.91 Å². The molecule has 1 heterocycles. The largest absolute Gasteiger partial charge is 0.336 e. The van der Waals surface area contributed by atoms with E-state index in [2.05, 4.69) is 0 Å². The zero-order valence-corrected chi connectivity index (χ0v) is 13.5. The zero-order valence-electron chi connectivity index (χ0n) is 11.9. The lowest BCUT2D eigenvalue weighted by atomic mass is 10.1. The van der Waals surface area contributed by atoms with Crippen LogP contribution in [0.3, 0.4) is 0 Å². The summed E-state index contributed by atoms with van der Waals surface area (Å²) in [6.45, 7) is 0.195. The number of halogens is 2. The van der Waals surface area contributed by atoms with Gasteiger partial charge in [0.1, 0.15) is 11.1 Å². The van der Waals surface area contributed by atoms with Gasteiger partial charge < -0.3 is 4.90 Å². The topological polar surface area (TPSA) is 54.5 Å². The molecule has 1 amide bonds. The number of benzene rings is 2. The van der Waals surface area contributed by atoms with Gasteiger partial charge >= 0.3 is 0 Å². The lowest BCUT2D eigenvalue weighted by Gasteiger charge is -2.38. The molecule has 4 nitrogen and oxygen atoms in total. The van der Waals surface area contributed by atoms with Crippen molar-refractivity contribution in [2.45, 2.75) is 10.1 Å². The summed E-state index contributed by atoms with van der Waals surface area (Å²) in [6.07, 6.45) is 0. The number of sulfone groups is 1. The molecule has 120 valence electrons. The minimum absolute atomic E-state index is 0.0975. The number of nitrogens with zero attached hydrogens (tertiary/aromatic N) is 1. The third-order valence-electron chi connectivity index (χ3n) is 3.79. The molecule has 7 heteroatoms. The molecule has 1 aliphatic heterocycles. The van der Waals surface area contributed by atoms with E-state index in [1.54, 1.807) is 0 Å². The first kappa shape index (κ1) is 16.0. The Labute approximate surface area is 138 Å². The highest BCUT2D eigenvalue weighted by Gasteiger charge is 2.40. The maximum atomic E-state index is 13.2. The fraction of sp³-hybridized carbons (Fsp3) is 0.188. The van der Waals surface area contributed by atoms with Crippen LogP contribution in [0, 0.1) is 5.82 Å². The van der Waals surface area contributed by atoms with Gasteiger partial charge in [-0.3, -0.25) is 4.79 Å². The second kappa shape index (κ2) is 5.94. The summed E-state index contributed by atoms with van der Waals surface area (Å²) in [5.74, 6) is -0.867. The number of likely N-dealkylation sites (tertiary alicyclic amines) is 1. The van der Waals surface area contributed by atoms with E-state index >= 15 is 0 Å². The summed E-state index contributed by atoms with van der Waals surface area (Å²) in [5.41, 5.74) is 0.215. The Morgan fingerprint density at radius 3 is 2.39 bits per heavy atom. The molecule has 1 aliphatic rings. The van der Waals surface area contributed by atoms with Crippen molar-refractivity contribution in [2.24, 2.45) is 0 Å². The molecule has 0 aliphatic carbocycles. The summed E-state index contributed by atoms with van der Waals surface area (Å²) in [5, 5.41) is -0.193. The van der Waals surface area contributed by atoms with E-state index in [0.29, 0.717) is 5.02 Å². The Hall–Kier alpha value is -1.92. The fourth-order valence-electron chi connectivity index (χ4n) is 2.42. The van der Waals surface area contributed by atoms with Crippen LogP contribution < -0.4 is 0 Å². The molecule has 23 heavy (non-hydrogen) atoms. The summed E-state index contributed by atoms with van der Waals surface area (Å²) < 4.78 is 38.0. The van der Waals surface area contributed by atoms with Gasteiger partial charge in [0.15, 0.2) is 9.84 Å². The Bertz CT molecular complexity index is 846. The fourth-order valence-corrected chi connectivity index (χ4v) is 4.20. The molecule has 0 saturated carbocycles. The summed E-state index contributed by atoms with van der Waals surface area (Å²) in [6, 6.07) is 11.3. The first-order chi connectivity index (χ1) is 10.9. The molecular weight excluding hydrogens is 341 g/mol. The van der Waals surface area contributed by atoms with Crippen LogP contribution in [0.1, 0.15) is 10.4 Å². The molecule has 1 saturated heterocycles. The Kier molecular flexibility index (Phi) is 4.12. The van der Waals surface area contributed by atoms with Gasteiger partial charge in [-0.1, -0.05) is 17.7 Å². The van der Waals surface area contributed by atoms with Crippen LogP contribution in [0.15, 0.2) is 53.4 Å². The van der Waals surface area contributed by atoms with Crippen LogP contribution in [0.2, 0.25) is 5.02 Å².